The van der Waals surface area contributed by atoms with Crippen molar-refractivity contribution >= 4 is 11.8 Å². The minimum atomic E-state index is -0.311. The van der Waals surface area contributed by atoms with Crippen LogP contribution in [0.4, 0.5) is 0 Å². The highest BCUT2D eigenvalue weighted by Crippen LogP contribution is 2.53. The number of carbonyl (C=O) groups excluding carboxylic acids is 2. The molecular formula is C10H16N2O2. The summed E-state index contributed by atoms with van der Waals surface area (Å²) in [6, 6.07) is 0. The van der Waals surface area contributed by atoms with Gasteiger partial charge < -0.3 is 11.5 Å². The van der Waals surface area contributed by atoms with Crippen LogP contribution in [0.3, 0.4) is 0 Å². The molecule has 2 aliphatic carbocycles. The van der Waals surface area contributed by atoms with E-state index < -0.39 is 0 Å². The van der Waals surface area contributed by atoms with Crippen molar-refractivity contribution in [2.24, 2.45) is 35.1 Å². The van der Waals surface area contributed by atoms with Gasteiger partial charge in [-0.3, -0.25) is 9.59 Å². The van der Waals surface area contributed by atoms with Crippen LogP contribution in [0.25, 0.3) is 0 Å². The third-order valence-corrected chi connectivity index (χ3v) is 3.85. The summed E-state index contributed by atoms with van der Waals surface area (Å²) in [6.07, 6.45) is 3.61. The van der Waals surface area contributed by atoms with Crippen molar-refractivity contribution in [2.45, 2.75) is 25.7 Å². The fourth-order valence-corrected chi connectivity index (χ4v) is 3.38. The van der Waals surface area contributed by atoms with Crippen LogP contribution in [0.5, 0.6) is 0 Å². The highest BCUT2D eigenvalue weighted by Gasteiger charge is 2.50. The van der Waals surface area contributed by atoms with Crippen LogP contribution in [-0.2, 0) is 9.59 Å². The van der Waals surface area contributed by atoms with Crippen molar-refractivity contribution in [3.8, 4) is 0 Å². The van der Waals surface area contributed by atoms with Crippen LogP contribution in [-0.4, -0.2) is 11.8 Å². The van der Waals surface area contributed by atoms with E-state index in [9.17, 15) is 9.59 Å². The van der Waals surface area contributed by atoms with Crippen LogP contribution in [0, 0.1) is 23.7 Å². The molecule has 4 N–H and O–H groups in total. The lowest BCUT2D eigenvalue weighted by Crippen LogP contribution is -2.36. The smallest absolute Gasteiger partial charge is 0.221 e. The summed E-state index contributed by atoms with van der Waals surface area (Å²) in [6.45, 7) is 0. The molecule has 0 radical (unpaired) electrons. The van der Waals surface area contributed by atoms with Gasteiger partial charge in [0.05, 0.1) is 0 Å². The Kier molecular flexibility index (Phi) is 2.21. The molecule has 4 unspecified atom stereocenters. The summed E-state index contributed by atoms with van der Waals surface area (Å²) in [5.41, 5.74) is 10.5. The Balaban J connectivity index is 2.13. The Morgan fingerprint density at radius 1 is 1.14 bits per heavy atom. The van der Waals surface area contributed by atoms with Crippen molar-refractivity contribution < 1.29 is 9.59 Å². The molecule has 2 amide bonds. The van der Waals surface area contributed by atoms with E-state index in [0.29, 0.717) is 18.3 Å². The lowest BCUT2D eigenvalue weighted by atomic mass is 9.77. The molecule has 78 valence electrons. The zero-order valence-corrected chi connectivity index (χ0v) is 8.11. The number of amides is 2. The monoisotopic (exact) mass is 196 g/mol. The van der Waals surface area contributed by atoms with Crippen LogP contribution < -0.4 is 11.5 Å². The molecule has 4 heteroatoms. The maximum Gasteiger partial charge on any atom is 0.221 e. The highest BCUT2D eigenvalue weighted by atomic mass is 16.1. The van der Waals surface area contributed by atoms with Gasteiger partial charge in [0.2, 0.25) is 11.8 Å². The molecule has 2 bridgehead atoms. The molecule has 4 nitrogen and oxygen atoms in total. The molecule has 4 atom stereocenters. The van der Waals surface area contributed by atoms with E-state index in [1.165, 1.54) is 0 Å². The maximum atomic E-state index is 11.3. The zero-order valence-electron chi connectivity index (χ0n) is 8.11. The summed E-state index contributed by atoms with van der Waals surface area (Å²) < 4.78 is 0. The van der Waals surface area contributed by atoms with Gasteiger partial charge in [0.1, 0.15) is 0 Å². The molecule has 2 aliphatic rings. The number of nitrogens with two attached hydrogens (primary N) is 2. The van der Waals surface area contributed by atoms with Crippen molar-refractivity contribution in [3.05, 3.63) is 0 Å². The predicted octanol–water partition coefficient (Wildman–Crippen LogP) is 0.00940. The number of primary amides is 2. The second kappa shape index (κ2) is 3.26. The minimum absolute atomic E-state index is 0.0961. The Morgan fingerprint density at radius 2 is 1.79 bits per heavy atom. The van der Waals surface area contributed by atoms with E-state index in [2.05, 4.69) is 0 Å². The molecule has 0 aliphatic heterocycles. The molecule has 2 rings (SSSR count). The van der Waals surface area contributed by atoms with Gasteiger partial charge in [-0.1, -0.05) is 0 Å². The van der Waals surface area contributed by atoms with Crippen molar-refractivity contribution in [1.29, 1.82) is 0 Å². The van der Waals surface area contributed by atoms with E-state index >= 15 is 0 Å². The normalized spacial score (nSPS) is 40.0. The minimum Gasteiger partial charge on any atom is -0.370 e. The first-order chi connectivity index (χ1) is 6.59. The highest BCUT2D eigenvalue weighted by molar-refractivity contribution is 5.80. The lowest BCUT2D eigenvalue weighted by Gasteiger charge is -2.27. The standard InChI is InChI=1S/C10H16N2O2/c11-8(13)4-7-5-1-2-6(3-5)9(7)10(12)14/h5-7,9H,1-4H2,(H2,11,13)(H2,12,14). The van der Waals surface area contributed by atoms with E-state index in [4.69, 9.17) is 11.5 Å². The van der Waals surface area contributed by atoms with Gasteiger partial charge >= 0.3 is 0 Å². The van der Waals surface area contributed by atoms with Gasteiger partial charge in [-0.05, 0) is 37.0 Å². The average Bonchev–Trinajstić information content (AvgIpc) is 2.61. The lowest BCUT2D eigenvalue weighted by molar-refractivity contribution is -0.126. The van der Waals surface area contributed by atoms with Gasteiger partial charge in [-0.15, -0.1) is 0 Å². The molecule has 0 heterocycles. The quantitative estimate of drug-likeness (QED) is 0.666. The maximum absolute atomic E-state index is 11.3. The molecule has 2 fully saturated rings. The van der Waals surface area contributed by atoms with Gasteiger partial charge in [0, 0.05) is 12.3 Å². The van der Waals surface area contributed by atoms with Crippen LogP contribution >= 0.6 is 0 Å². The largest absolute Gasteiger partial charge is 0.370 e. The Bertz CT molecular complexity index is 277. The summed E-state index contributed by atoms with van der Waals surface area (Å²) in [7, 11) is 0. The molecule has 2 saturated carbocycles. The van der Waals surface area contributed by atoms with Crippen LogP contribution in [0.2, 0.25) is 0 Å². The van der Waals surface area contributed by atoms with Gasteiger partial charge in [-0.25, -0.2) is 0 Å². The van der Waals surface area contributed by atoms with E-state index in [1.54, 1.807) is 0 Å². The van der Waals surface area contributed by atoms with Gasteiger partial charge in [-0.2, -0.15) is 0 Å². The fraction of sp³-hybridized carbons (Fsp3) is 0.800. The number of hydrogen-bond donors (Lipinski definition) is 2. The first-order valence-electron chi connectivity index (χ1n) is 5.17. The third kappa shape index (κ3) is 1.38. The summed E-state index contributed by atoms with van der Waals surface area (Å²) >= 11 is 0. The number of carbonyl (C=O) groups is 2. The molecule has 0 spiro atoms. The van der Waals surface area contributed by atoms with Gasteiger partial charge in [0.15, 0.2) is 0 Å². The molecule has 0 saturated heterocycles. The SMILES string of the molecule is NC(=O)CC1C2CCC(C2)C1C(N)=O. The number of hydrogen-bond acceptors (Lipinski definition) is 2. The Hall–Kier alpha value is -1.06. The van der Waals surface area contributed by atoms with Crippen molar-refractivity contribution in [2.75, 3.05) is 0 Å². The molecule has 14 heavy (non-hydrogen) atoms. The summed E-state index contributed by atoms with van der Waals surface area (Å²) in [4.78, 5) is 22.1. The van der Waals surface area contributed by atoms with E-state index in [0.717, 1.165) is 19.3 Å². The zero-order chi connectivity index (χ0) is 10.3. The Morgan fingerprint density at radius 3 is 2.36 bits per heavy atom. The van der Waals surface area contributed by atoms with Gasteiger partial charge in [0.25, 0.3) is 0 Å². The van der Waals surface area contributed by atoms with E-state index in [1.807, 2.05) is 0 Å². The van der Waals surface area contributed by atoms with Crippen molar-refractivity contribution in [3.63, 3.8) is 0 Å². The second-order valence-corrected chi connectivity index (χ2v) is 4.60. The molecule has 0 aromatic heterocycles. The Labute approximate surface area is 83.0 Å². The molecule has 0 aromatic rings. The van der Waals surface area contributed by atoms with E-state index in [-0.39, 0.29) is 23.7 Å². The number of rotatable bonds is 3. The molecule has 0 aromatic carbocycles. The predicted molar refractivity (Wildman–Crippen MR) is 50.8 cm³/mol. The first-order valence-corrected chi connectivity index (χ1v) is 5.17. The van der Waals surface area contributed by atoms with Crippen LogP contribution in [0.1, 0.15) is 25.7 Å². The summed E-state index contributed by atoms with van der Waals surface area (Å²) in [5.74, 6) is 0.397. The van der Waals surface area contributed by atoms with Crippen LogP contribution in [0.15, 0.2) is 0 Å². The fourth-order valence-electron chi connectivity index (χ4n) is 3.38. The average molecular weight is 196 g/mol. The summed E-state index contributed by atoms with van der Waals surface area (Å²) in [5, 5.41) is 0. The first kappa shape index (κ1) is 9.49. The molecular weight excluding hydrogens is 180 g/mol. The van der Waals surface area contributed by atoms with Crippen molar-refractivity contribution in [1.82, 2.24) is 0 Å². The number of fused-ring (bicyclic) bond motifs is 2. The topological polar surface area (TPSA) is 86.2 Å². The second-order valence-electron chi connectivity index (χ2n) is 4.60. The third-order valence-electron chi connectivity index (χ3n) is 3.85.